The summed E-state index contributed by atoms with van der Waals surface area (Å²) in [7, 11) is 0. The molecule has 0 spiro atoms. The van der Waals surface area contributed by atoms with Crippen LogP contribution >= 0.6 is 0 Å². The summed E-state index contributed by atoms with van der Waals surface area (Å²) in [6.07, 6.45) is 0.335. The first-order chi connectivity index (χ1) is 15.2. The highest BCUT2D eigenvalue weighted by atomic mass is 19.4. The smallest absolute Gasteiger partial charge is 0.475 e. The minimum absolute atomic E-state index is 0.0735. The first kappa shape index (κ1) is 23.9. The van der Waals surface area contributed by atoms with E-state index in [2.05, 4.69) is 14.9 Å². The van der Waals surface area contributed by atoms with Crippen molar-refractivity contribution in [3.05, 3.63) is 54.2 Å². The zero-order valence-electron chi connectivity index (χ0n) is 17.1. The number of pyridine rings is 2. The van der Waals surface area contributed by atoms with Crippen LogP contribution in [0.2, 0.25) is 0 Å². The summed E-state index contributed by atoms with van der Waals surface area (Å²) in [5.41, 5.74) is 0.948. The normalized spacial score (nSPS) is 23.1. The Morgan fingerprint density at radius 2 is 2.00 bits per heavy atom. The molecule has 4 rings (SSSR count). The number of carboxylic acids is 1. The SMILES string of the molecule is Fc1cccnc1OC[C@@]12CCO[C@@H]1CCN(Cc1ccccn1)C2.O=C(O)C(F)(F)F. The first-order valence-corrected chi connectivity index (χ1v) is 9.97. The molecule has 0 radical (unpaired) electrons. The van der Waals surface area contributed by atoms with E-state index in [4.69, 9.17) is 19.4 Å². The van der Waals surface area contributed by atoms with Crippen molar-refractivity contribution < 1.29 is 36.9 Å². The highest BCUT2D eigenvalue weighted by Gasteiger charge is 2.48. The summed E-state index contributed by atoms with van der Waals surface area (Å²) in [6.45, 7) is 3.80. The van der Waals surface area contributed by atoms with Crippen molar-refractivity contribution >= 4 is 5.97 Å². The van der Waals surface area contributed by atoms with E-state index < -0.39 is 18.0 Å². The van der Waals surface area contributed by atoms with E-state index in [0.29, 0.717) is 6.61 Å². The van der Waals surface area contributed by atoms with Crippen LogP contribution < -0.4 is 4.74 Å². The summed E-state index contributed by atoms with van der Waals surface area (Å²) in [6, 6.07) is 8.92. The number of halogens is 4. The Hall–Kier alpha value is -2.79. The molecule has 0 aliphatic carbocycles. The fourth-order valence-corrected chi connectivity index (χ4v) is 3.89. The van der Waals surface area contributed by atoms with E-state index in [1.165, 1.54) is 6.07 Å². The Morgan fingerprint density at radius 3 is 2.66 bits per heavy atom. The number of nitrogens with zero attached hydrogens (tertiary/aromatic N) is 3. The number of alkyl halides is 3. The van der Waals surface area contributed by atoms with Gasteiger partial charge in [0, 0.05) is 44.0 Å². The second-order valence-corrected chi connectivity index (χ2v) is 7.67. The minimum atomic E-state index is -5.08. The average molecular weight is 457 g/mol. The predicted molar refractivity (Wildman–Crippen MR) is 104 cm³/mol. The molecule has 4 heterocycles. The summed E-state index contributed by atoms with van der Waals surface area (Å²) in [5, 5.41) is 7.12. The van der Waals surface area contributed by atoms with Crippen molar-refractivity contribution in [3.8, 4) is 5.88 Å². The molecule has 0 unspecified atom stereocenters. The van der Waals surface area contributed by atoms with Crippen LogP contribution in [-0.2, 0) is 16.1 Å². The molecule has 7 nitrogen and oxygen atoms in total. The lowest BCUT2D eigenvalue weighted by Crippen LogP contribution is -2.52. The molecule has 2 atom stereocenters. The van der Waals surface area contributed by atoms with Gasteiger partial charge in [-0.15, -0.1) is 0 Å². The molecule has 0 aromatic carbocycles. The van der Waals surface area contributed by atoms with Gasteiger partial charge in [-0.05, 0) is 37.1 Å². The van der Waals surface area contributed by atoms with Crippen molar-refractivity contribution in [1.29, 1.82) is 0 Å². The van der Waals surface area contributed by atoms with Gasteiger partial charge in [0.2, 0.25) is 5.88 Å². The van der Waals surface area contributed by atoms with Crippen LogP contribution in [0, 0.1) is 11.2 Å². The van der Waals surface area contributed by atoms with Gasteiger partial charge in [0.1, 0.15) is 0 Å². The third-order valence-electron chi connectivity index (χ3n) is 5.42. The van der Waals surface area contributed by atoms with Crippen molar-refractivity contribution in [2.24, 2.45) is 5.41 Å². The quantitative estimate of drug-likeness (QED) is 0.690. The van der Waals surface area contributed by atoms with Gasteiger partial charge in [0.05, 0.1) is 18.4 Å². The standard InChI is InChI=1S/C19H22FN3O2.C2HF3O2/c20-16-5-3-9-22-18(16)25-14-19-7-11-24-17(19)6-10-23(13-19)12-15-4-1-2-8-21-15;3-2(4,5)1(6)7/h1-5,8-9,17H,6-7,10-14H2;(H,6,7)/t17-,19+;/m1./s1. The number of rotatable bonds is 5. The first-order valence-electron chi connectivity index (χ1n) is 9.97. The number of carbonyl (C=O) groups is 1. The summed E-state index contributed by atoms with van der Waals surface area (Å²) >= 11 is 0. The van der Waals surface area contributed by atoms with Crippen molar-refractivity contribution in [3.63, 3.8) is 0 Å². The Bertz CT molecular complexity index is 900. The minimum Gasteiger partial charge on any atom is -0.475 e. The molecule has 32 heavy (non-hydrogen) atoms. The number of likely N-dealkylation sites (tertiary alicyclic amines) is 1. The number of carboxylic acid groups (broad SMARTS) is 1. The number of hydrogen-bond acceptors (Lipinski definition) is 6. The Kier molecular flexibility index (Phi) is 7.62. The lowest BCUT2D eigenvalue weighted by molar-refractivity contribution is -0.192. The fraction of sp³-hybridized carbons (Fsp3) is 0.476. The third-order valence-corrected chi connectivity index (χ3v) is 5.42. The predicted octanol–water partition coefficient (Wildman–Crippen LogP) is 3.31. The molecule has 2 saturated heterocycles. The van der Waals surface area contributed by atoms with Crippen LogP contribution in [0.4, 0.5) is 17.6 Å². The molecular weight excluding hydrogens is 434 g/mol. The maximum absolute atomic E-state index is 13.8. The molecule has 2 aliphatic heterocycles. The maximum atomic E-state index is 13.8. The third kappa shape index (κ3) is 6.13. The zero-order valence-corrected chi connectivity index (χ0v) is 17.1. The van der Waals surface area contributed by atoms with Gasteiger partial charge in [-0.3, -0.25) is 9.88 Å². The van der Waals surface area contributed by atoms with Gasteiger partial charge < -0.3 is 14.6 Å². The van der Waals surface area contributed by atoms with Gasteiger partial charge in [-0.1, -0.05) is 6.07 Å². The van der Waals surface area contributed by atoms with Gasteiger partial charge in [0.15, 0.2) is 5.82 Å². The molecular formula is C21H23F4N3O4. The number of hydrogen-bond donors (Lipinski definition) is 1. The van der Waals surface area contributed by atoms with Crippen molar-refractivity contribution in [2.45, 2.75) is 31.7 Å². The summed E-state index contributed by atoms with van der Waals surface area (Å²) in [4.78, 5) is 19.7. The fourth-order valence-electron chi connectivity index (χ4n) is 3.89. The maximum Gasteiger partial charge on any atom is 0.490 e. The van der Waals surface area contributed by atoms with Gasteiger partial charge in [-0.25, -0.2) is 14.2 Å². The Labute approximate surface area is 182 Å². The van der Waals surface area contributed by atoms with Gasteiger partial charge >= 0.3 is 12.1 Å². The second kappa shape index (κ2) is 10.2. The van der Waals surface area contributed by atoms with E-state index in [0.717, 1.165) is 44.8 Å². The molecule has 2 aliphatic rings. The molecule has 2 aromatic rings. The van der Waals surface area contributed by atoms with Crippen LogP contribution in [0.3, 0.4) is 0 Å². The summed E-state index contributed by atoms with van der Waals surface area (Å²) < 4.78 is 57.3. The van der Waals surface area contributed by atoms with Crippen molar-refractivity contribution in [1.82, 2.24) is 14.9 Å². The average Bonchev–Trinajstić information content (AvgIpc) is 3.17. The lowest BCUT2D eigenvalue weighted by atomic mass is 9.77. The Morgan fingerprint density at radius 1 is 1.25 bits per heavy atom. The van der Waals surface area contributed by atoms with Gasteiger partial charge in [0.25, 0.3) is 0 Å². The number of aliphatic carboxylic acids is 1. The van der Waals surface area contributed by atoms with Crippen LogP contribution in [0.15, 0.2) is 42.7 Å². The molecule has 0 bridgehead atoms. The van der Waals surface area contributed by atoms with E-state index in [-0.39, 0.29) is 17.4 Å². The molecule has 11 heteroatoms. The lowest BCUT2D eigenvalue weighted by Gasteiger charge is -2.43. The molecule has 2 fully saturated rings. The molecule has 0 saturated carbocycles. The summed E-state index contributed by atoms with van der Waals surface area (Å²) in [5.74, 6) is -3.10. The number of aromatic nitrogens is 2. The van der Waals surface area contributed by atoms with E-state index in [9.17, 15) is 17.6 Å². The largest absolute Gasteiger partial charge is 0.490 e. The van der Waals surface area contributed by atoms with Crippen LogP contribution in [0.1, 0.15) is 18.5 Å². The molecule has 174 valence electrons. The highest BCUT2D eigenvalue weighted by molar-refractivity contribution is 5.73. The monoisotopic (exact) mass is 457 g/mol. The van der Waals surface area contributed by atoms with Crippen LogP contribution in [-0.4, -0.2) is 64.5 Å². The highest BCUT2D eigenvalue weighted by Crippen LogP contribution is 2.41. The van der Waals surface area contributed by atoms with Crippen LogP contribution in [0.5, 0.6) is 5.88 Å². The molecule has 2 aromatic heterocycles. The van der Waals surface area contributed by atoms with Crippen molar-refractivity contribution in [2.75, 3.05) is 26.3 Å². The number of ether oxygens (including phenoxy) is 2. The molecule has 0 amide bonds. The van der Waals surface area contributed by atoms with Crippen LogP contribution in [0.25, 0.3) is 0 Å². The molecule has 1 N–H and O–H groups in total. The topological polar surface area (TPSA) is 84.8 Å². The number of piperidine rings is 1. The van der Waals surface area contributed by atoms with Gasteiger partial charge in [-0.2, -0.15) is 13.2 Å². The van der Waals surface area contributed by atoms with E-state index in [1.807, 2.05) is 24.4 Å². The zero-order chi connectivity index (χ0) is 23.2. The van der Waals surface area contributed by atoms with E-state index >= 15 is 0 Å². The number of fused-ring (bicyclic) bond motifs is 1. The second-order valence-electron chi connectivity index (χ2n) is 7.67. The van der Waals surface area contributed by atoms with E-state index in [1.54, 1.807) is 12.3 Å². The Balaban J connectivity index is 0.000000360.